The molecule has 1 amide bonds. The molecule has 0 radical (unpaired) electrons. The molecule has 0 unspecified atom stereocenters. The van der Waals surface area contributed by atoms with Crippen LogP contribution in [0.2, 0.25) is 5.02 Å². The number of halogens is 2. The number of piperidine rings is 1. The average molecular weight is 379 g/mol. The molecule has 1 saturated heterocycles. The van der Waals surface area contributed by atoms with Crippen molar-refractivity contribution in [1.82, 2.24) is 4.98 Å². The lowest BCUT2D eigenvalue weighted by molar-refractivity contribution is -0.385. The van der Waals surface area contributed by atoms with E-state index in [4.69, 9.17) is 11.6 Å². The fourth-order valence-electron chi connectivity index (χ4n) is 2.89. The Morgan fingerprint density at radius 2 is 2.19 bits per heavy atom. The number of nitro groups is 1. The van der Waals surface area contributed by atoms with Gasteiger partial charge in [0.25, 0.3) is 5.69 Å². The van der Waals surface area contributed by atoms with Gasteiger partial charge in [0.05, 0.1) is 15.9 Å². The predicted molar refractivity (Wildman–Crippen MR) is 95.9 cm³/mol. The summed E-state index contributed by atoms with van der Waals surface area (Å²) in [6.45, 7) is 1.17. The third-order valence-corrected chi connectivity index (χ3v) is 4.54. The number of carbonyl (C=O) groups excluding carboxylic acids is 1. The predicted octanol–water partition coefficient (Wildman–Crippen LogP) is 3.64. The minimum absolute atomic E-state index is 0.0526. The van der Waals surface area contributed by atoms with Crippen molar-refractivity contribution in [3.05, 3.63) is 57.5 Å². The zero-order chi connectivity index (χ0) is 18.7. The van der Waals surface area contributed by atoms with E-state index in [1.165, 1.54) is 30.5 Å². The van der Waals surface area contributed by atoms with Gasteiger partial charge >= 0.3 is 0 Å². The average Bonchev–Trinajstić information content (AvgIpc) is 2.65. The first-order valence-electron chi connectivity index (χ1n) is 8.05. The smallest absolute Gasteiger partial charge is 0.287 e. The van der Waals surface area contributed by atoms with Gasteiger partial charge in [-0.05, 0) is 37.1 Å². The highest BCUT2D eigenvalue weighted by atomic mass is 35.5. The number of amides is 1. The summed E-state index contributed by atoms with van der Waals surface area (Å²) in [5.41, 5.74) is 0.361. The summed E-state index contributed by atoms with van der Waals surface area (Å²) in [4.78, 5) is 28.8. The summed E-state index contributed by atoms with van der Waals surface area (Å²) in [7, 11) is 0. The Kier molecular flexibility index (Phi) is 5.32. The zero-order valence-corrected chi connectivity index (χ0v) is 14.4. The first-order chi connectivity index (χ1) is 12.4. The van der Waals surface area contributed by atoms with Crippen LogP contribution in [0.1, 0.15) is 12.8 Å². The lowest BCUT2D eigenvalue weighted by atomic mass is 9.97. The number of rotatable bonds is 4. The van der Waals surface area contributed by atoms with E-state index < -0.39 is 10.7 Å². The second kappa shape index (κ2) is 7.65. The first kappa shape index (κ1) is 18.1. The van der Waals surface area contributed by atoms with Crippen LogP contribution in [0.3, 0.4) is 0 Å². The molecule has 3 rings (SSSR count). The number of benzene rings is 1. The molecule has 0 spiro atoms. The molecular weight excluding hydrogens is 363 g/mol. The highest BCUT2D eigenvalue weighted by Crippen LogP contribution is 2.25. The summed E-state index contributed by atoms with van der Waals surface area (Å²) in [5, 5.41) is 13.4. The minimum atomic E-state index is -0.544. The van der Waals surface area contributed by atoms with Crippen LogP contribution in [0.4, 0.5) is 21.6 Å². The first-order valence-corrected chi connectivity index (χ1v) is 8.43. The van der Waals surface area contributed by atoms with Crippen molar-refractivity contribution >= 4 is 34.7 Å². The fraction of sp³-hybridized carbons (Fsp3) is 0.294. The Morgan fingerprint density at radius 3 is 2.85 bits per heavy atom. The van der Waals surface area contributed by atoms with Gasteiger partial charge in [-0.2, -0.15) is 0 Å². The molecule has 2 heterocycles. The second-order valence-electron chi connectivity index (χ2n) is 6.04. The molecule has 1 aliphatic heterocycles. The third kappa shape index (κ3) is 4.08. The zero-order valence-electron chi connectivity index (χ0n) is 13.7. The number of pyridine rings is 1. The molecule has 26 heavy (non-hydrogen) atoms. The van der Waals surface area contributed by atoms with E-state index in [9.17, 15) is 19.3 Å². The van der Waals surface area contributed by atoms with Gasteiger partial charge in [0.1, 0.15) is 17.8 Å². The van der Waals surface area contributed by atoms with Gasteiger partial charge in [-0.25, -0.2) is 9.37 Å². The Morgan fingerprint density at radius 1 is 1.38 bits per heavy atom. The summed E-state index contributed by atoms with van der Waals surface area (Å²) in [6.07, 6.45) is 2.71. The van der Waals surface area contributed by atoms with E-state index >= 15 is 0 Å². The van der Waals surface area contributed by atoms with Crippen molar-refractivity contribution in [2.45, 2.75) is 12.8 Å². The second-order valence-corrected chi connectivity index (χ2v) is 6.44. The van der Waals surface area contributed by atoms with Crippen molar-refractivity contribution in [1.29, 1.82) is 0 Å². The van der Waals surface area contributed by atoms with Gasteiger partial charge in [-0.3, -0.25) is 14.9 Å². The third-order valence-electron chi connectivity index (χ3n) is 4.25. The number of aromatic nitrogens is 1. The van der Waals surface area contributed by atoms with E-state index in [0.717, 1.165) is 13.0 Å². The van der Waals surface area contributed by atoms with Crippen molar-refractivity contribution < 1.29 is 14.1 Å². The molecule has 136 valence electrons. The standard InChI is InChI=1S/C17H16ClFN4O3/c18-14-8-12(3-5-15(14)19)21-17(24)11-2-1-7-22(10-11)16-6-4-13(9-20-16)23(25)26/h3-6,8-9,11H,1-2,7,10H2,(H,21,24)/t11-/m1/s1. The van der Waals surface area contributed by atoms with Gasteiger partial charge in [-0.15, -0.1) is 0 Å². The number of carbonyl (C=O) groups is 1. The number of anilines is 2. The van der Waals surface area contributed by atoms with Crippen molar-refractivity contribution in [3.63, 3.8) is 0 Å². The SMILES string of the molecule is O=C(Nc1ccc(F)c(Cl)c1)[C@@H]1CCCN(c2ccc([N+](=O)[O-])cn2)C1. The normalized spacial score (nSPS) is 17.0. The van der Waals surface area contributed by atoms with Gasteiger partial charge in [0, 0.05) is 24.8 Å². The molecule has 7 nitrogen and oxygen atoms in total. The number of nitrogens with zero attached hydrogens (tertiary/aromatic N) is 3. The molecule has 0 saturated carbocycles. The number of hydrogen-bond donors (Lipinski definition) is 1. The number of nitrogens with one attached hydrogen (secondary N) is 1. The van der Waals surface area contributed by atoms with Gasteiger partial charge in [-0.1, -0.05) is 11.6 Å². The molecule has 1 aliphatic rings. The lowest BCUT2D eigenvalue weighted by Gasteiger charge is -2.32. The summed E-state index contributed by atoms with van der Waals surface area (Å²) in [6, 6.07) is 7.00. The van der Waals surface area contributed by atoms with E-state index in [1.807, 2.05) is 4.90 Å². The molecule has 0 aliphatic carbocycles. The monoisotopic (exact) mass is 378 g/mol. The Hall–Kier alpha value is -2.74. The molecule has 2 aromatic rings. The highest BCUT2D eigenvalue weighted by Gasteiger charge is 2.27. The van der Waals surface area contributed by atoms with Crippen LogP contribution in [0, 0.1) is 21.8 Å². The van der Waals surface area contributed by atoms with Crippen molar-refractivity contribution in [3.8, 4) is 0 Å². The molecule has 1 N–H and O–H groups in total. The molecule has 1 atom stereocenters. The van der Waals surface area contributed by atoms with Crippen LogP contribution < -0.4 is 10.2 Å². The fourth-order valence-corrected chi connectivity index (χ4v) is 3.07. The molecule has 1 aromatic heterocycles. The summed E-state index contributed by atoms with van der Waals surface area (Å²) >= 11 is 5.73. The maximum absolute atomic E-state index is 13.2. The molecular formula is C17H16ClFN4O3. The minimum Gasteiger partial charge on any atom is -0.356 e. The summed E-state index contributed by atoms with van der Waals surface area (Å²) in [5.74, 6) is -0.403. The van der Waals surface area contributed by atoms with Gasteiger partial charge in [0.2, 0.25) is 5.91 Å². The van der Waals surface area contributed by atoms with Crippen molar-refractivity contribution in [2.75, 3.05) is 23.3 Å². The molecule has 1 aromatic carbocycles. The topological polar surface area (TPSA) is 88.4 Å². The van der Waals surface area contributed by atoms with Crippen molar-refractivity contribution in [2.24, 2.45) is 5.92 Å². The molecule has 9 heteroatoms. The Labute approximate surface area is 153 Å². The molecule has 0 bridgehead atoms. The maximum Gasteiger partial charge on any atom is 0.287 e. The van der Waals surface area contributed by atoms with Gasteiger partial charge < -0.3 is 10.2 Å². The van der Waals surface area contributed by atoms with Gasteiger partial charge in [0.15, 0.2) is 0 Å². The van der Waals surface area contributed by atoms with E-state index in [0.29, 0.717) is 24.5 Å². The number of hydrogen-bond acceptors (Lipinski definition) is 5. The van der Waals surface area contributed by atoms with E-state index in [1.54, 1.807) is 6.07 Å². The van der Waals surface area contributed by atoms with Crippen LogP contribution in [-0.4, -0.2) is 28.9 Å². The summed E-state index contributed by atoms with van der Waals surface area (Å²) < 4.78 is 13.2. The largest absolute Gasteiger partial charge is 0.356 e. The lowest BCUT2D eigenvalue weighted by Crippen LogP contribution is -2.41. The van der Waals surface area contributed by atoms with Crippen LogP contribution in [-0.2, 0) is 4.79 Å². The Bertz CT molecular complexity index is 831. The van der Waals surface area contributed by atoms with Crippen LogP contribution in [0.5, 0.6) is 0 Å². The van der Waals surface area contributed by atoms with Crippen LogP contribution >= 0.6 is 11.6 Å². The van der Waals surface area contributed by atoms with E-state index in [2.05, 4.69) is 10.3 Å². The highest BCUT2D eigenvalue weighted by molar-refractivity contribution is 6.31. The van der Waals surface area contributed by atoms with Crippen LogP contribution in [0.25, 0.3) is 0 Å². The maximum atomic E-state index is 13.2. The van der Waals surface area contributed by atoms with E-state index in [-0.39, 0.29) is 22.5 Å². The quantitative estimate of drug-likeness (QED) is 0.648. The van der Waals surface area contributed by atoms with Crippen LogP contribution in [0.15, 0.2) is 36.5 Å². The Balaban J connectivity index is 1.66. The molecule has 1 fully saturated rings.